The van der Waals surface area contributed by atoms with Crippen molar-refractivity contribution >= 4 is 16.6 Å². The standard InChI is InChI=1S/C46H74O3Si2/c1-32-17-22-37(23-18-32)46(28-29-46)42(47)26-19-33(2)39-24-25-40-35(16-15-27-45(39,40)10)20-21-36-30-38(48-50(11,12)43(4,5)6)31-41(34(36)3)49-51(13,14)44(7,8)9/h17-23,26,33,38-42,47H,3,15-16,24-25,27-31H2,1-2,4-14H3/b26-19+,35-20+,36-21-/t33-,38-,39-,40+,41+,42+,45-/m1/s1. The lowest BCUT2D eigenvalue weighted by atomic mass is 9.61. The summed E-state index contributed by atoms with van der Waals surface area (Å²) in [4.78, 5) is 0. The fourth-order valence-corrected chi connectivity index (χ4v) is 12.0. The molecule has 0 aliphatic heterocycles. The Morgan fingerprint density at radius 3 is 2.08 bits per heavy atom. The van der Waals surface area contributed by atoms with Crippen molar-refractivity contribution < 1.29 is 14.0 Å². The molecule has 4 saturated carbocycles. The molecule has 1 aromatic rings. The topological polar surface area (TPSA) is 38.7 Å². The van der Waals surface area contributed by atoms with Crippen LogP contribution in [0.5, 0.6) is 0 Å². The largest absolute Gasteiger partial charge is 0.413 e. The summed E-state index contributed by atoms with van der Waals surface area (Å²) in [6, 6.07) is 8.82. The highest BCUT2D eigenvalue weighted by atomic mass is 28.4. The number of fused-ring (bicyclic) bond motifs is 1. The number of aryl methyl sites for hydroxylation is 1. The molecule has 5 rings (SSSR count). The van der Waals surface area contributed by atoms with Gasteiger partial charge in [0.25, 0.3) is 0 Å². The maximum atomic E-state index is 11.4. The van der Waals surface area contributed by atoms with Crippen LogP contribution in [0.15, 0.2) is 71.9 Å². The van der Waals surface area contributed by atoms with Crippen molar-refractivity contribution in [3.63, 3.8) is 0 Å². The molecule has 0 saturated heterocycles. The molecule has 3 nitrogen and oxygen atoms in total. The lowest BCUT2D eigenvalue weighted by Crippen LogP contribution is -2.49. The summed E-state index contributed by atoms with van der Waals surface area (Å²) in [5.74, 6) is 1.69. The Bertz CT molecular complexity index is 1500. The minimum absolute atomic E-state index is 0.00955. The smallest absolute Gasteiger partial charge is 0.192 e. The van der Waals surface area contributed by atoms with Gasteiger partial charge in [-0.2, -0.15) is 0 Å². The third-order valence-corrected chi connectivity index (χ3v) is 24.0. The Balaban J connectivity index is 1.34. The normalized spacial score (nSPS) is 31.7. The molecule has 4 fully saturated rings. The Labute approximate surface area is 315 Å². The van der Waals surface area contributed by atoms with Gasteiger partial charge in [0.1, 0.15) is 0 Å². The summed E-state index contributed by atoms with van der Waals surface area (Å²) in [7, 11) is -3.95. The molecule has 0 spiro atoms. The van der Waals surface area contributed by atoms with Crippen LogP contribution in [0.25, 0.3) is 0 Å². The molecular formula is C46H74O3Si2. The fraction of sp³-hybridized carbons (Fsp3) is 0.696. The van der Waals surface area contributed by atoms with Crippen LogP contribution >= 0.6 is 0 Å². The lowest BCUT2D eigenvalue weighted by molar-refractivity contribution is 0.0969. The van der Waals surface area contributed by atoms with Crippen molar-refractivity contribution in [2.24, 2.45) is 23.2 Å². The molecular weight excluding hydrogens is 657 g/mol. The first-order valence-corrected chi connectivity index (χ1v) is 26.2. The van der Waals surface area contributed by atoms with Gasteiger partial charge in [0.05, 0.1) is 18.3 Å². The van der Waals surface area contributed by atoms with Gasteiger partial charge in [-0.05, 0) is 134 Å². The molecule has 4 aliphatic carbocycles. The zero-order valence-electron chi connectivity index (χ0n) is 34.9. The third-order valence-electron chi connectivity index (χ3n) is 15.0. The van der Waals surface area contributed by atoms with E-state index in [0.29, 0.717) is 17.8 Å². The summed E-state index contributed by atoms with van der Waals surface area (Å²) in [6.07, 6.45) is 19.4. The number of allylic oxidation sites excluding steroid dienone is 4. The van der Waals surface area contributed by atoms with Crippen LogP contribution < -0.4 is 0 Å². The maximum absolute atomic E-state index is 11.4. The van der Waals surface area contributed by atoms with Gasteiger partial charge in [-0.3, -0.25) is 0 Å². The van der Waals surface area contributed by atoms with Gasteiger partial charge in [0.2, 0.25) is 0 Å². The maximum Gasteiger partial charge on any atom is 0.192 e. The van der Waals surface area contributed by atoms with Crippen LogP contribution in [0.4, 0.5) is 0 Å². The van der Waals surface area contributed by atoms with Crippen molar-refractivity contribution in [1.82, 2.24) is 0 Å². The van der Waals surface area contributed by atoms with Crippen LogP contribution in [-0.2, 0) is 14.3 Å². The van der Waals surface area contributed by atoms with E-state index >= 15 is 0 Å². The van der Waals surface area contributed by atoms with Crippen molar-refractivity contribution in [3.8, 4) is 0 Å². The van der Waals surface area contributed by atoms with Crippen molar-refractivity contribution in [3.05, 3.63) is 83.0 Å². The van der Waals surface area contributed by atoms with Crippen molar-refractivity contribution in [2.45, 2.75) is 180 Å². The summed E-state index contributed by atoms with van der Waals surface area (Å²) in [5, 5.41) is 11.7. The zero-order chi connectivity index (χ0) is 37.8. The van der Waals surface area contributed by atoms with E-state index in [2.05, 4.69) is 137 Å². The van der Waals surface area contributed by atoms with Crippen LogP contribution in [-0.4, -0.2) is 40.1 Å². The van der Waals surface area contributed by atoms with E-state index in [4.69, 9.17) is 15.4 Å². The van der Waals surface area contributed by atoms with Crippen molar-refractivity contribution in [2.75, 3.05) is 0 Å². The van der Waals surface area contributed by atoms with Gasteiger partial charge in [0, 0.05) is 11.8 Å². The predicted molar refractivity (Wildman–Crippen MR) is 223 cm³/mol. The first-order valence-electron chi connectivity index (χ1n) is 20.4. The second-order valence-corrected chi connectivity index (χ2v) is 30.1. The number of rotatable bonds is 10. The molecule has 4 aliphatic rings. The van der Waals surface area contributed by atoms with E-state index in [1.165, 1.54) is 54.4 Å². The minimum atomic E-state index is -2.00. The average Bonchev–Trinajstić information content (AvgIpc) is 3.75. The highest BCUT2D eigenvalue weighted by Crippen LogP contribution is 2.60. The van der Waals surface area contributed by atoms with Gasteiger partial charge in [-0.1, -0.05) is 122 Å². The number of hydrogen-bond acceptors (Lipinski definition) is 3. The first kappa shape index (κ1) is 40.7. The second kappa shape index (κ2) is 14.6. The Morgan fingerprint density at radius 1 is 0.882 bits per heavy atom. The minimum Gasteiger partial charge on any atom is -0.413 e. The van der Waals surface area contributed by atoms with Gasteiger partial charge >= 0.3 is 0 Å². The number of benzene rings is 1. The Kier molecular flexibility index (Phi) is 11.7. The average molecular weight is 731 g/mol. The lowest BCUT2D eigenvalue weighted by Gasteiger charge is -2.45. The molecule has 0 aromatic heterocycles. The van der Waals surface area contributed by atoms with E-state index in [9.17, 15) is 5.11 Å². The van der Waals surface area contributed by atoms with E-state index < -0.39 is 22.7 Å². The molecule has 0 amide bonds. The summed E-state index contributed by atoms with van der Waals surface area (Å²) >= 11 is 0. The highest BCUT2D eigenvalue weighted by Gasteiger charge is 2.52. The van der Waals surface area contributed by atoms with Crippen LogP contribution in [0, 0.1) is 30.1 Å². The van der Waals surface area contributed by atoms with E-state index in [1.54, 1.807) is 5.57 Å². The molecule has 7 atom stereocenters. The van der Waals surface area contributed by atoms with Crippen LogP contribution in [0.1, 0.15) is 124 Å². The summed E-state index contributed by atoms with van der Waals surface area (Å²) in [6.45, 7) is 35.4. The molecule has 1 aromatic carbocycles. The first-order chi connectivity index (χ1) is 23.5. The third kappa shape index (κ3) is 8.43. The number of aliphatic hydroxyl groups excluding tert-OH is 1. The molecule has 0 bridgehead atoms. The molecule has 0 radical (unpaired) electrons. The molecule has 5 heteroatoms. The van der Waals surface area contributed by atoms with Crippen molar-refractivity contribution in [1.29, 1.82) is 0 Å². The van der Waals surface area contributed by atoms with Crippen LogP contribution in [0.2, 0.25) is 36.3 Å². The zero-order valence-corrected chi connectivity index (χ0v) is 36.9. The molecule has 1 N–H and O–H groups in total. The Morgan fingerprint density at radius 2 is 1.49 bits per heavy atom. The molecule has 51 heavy (non-hydrogen) atoms. The fourth-order valence-electron chi connectivity index (χ4n) is 9.28. The number of aliphatic hydroxyl groups is 1. The van der Waals surface area contributed by atoms with Gasteiger partial charge < -0.3 is 14.0 Å². The van der Waals surface area contributed by atoms with Gasteiger partial charge in [0.15, 0.2) is 16.6 Å². The van der Waals surface area contributed by atoms with Gasteiger partial charge in [-0.15, -0.1) is 0 Å². The van der Waals surface area contributed by atoms with E-state index in [-0.39, 0.29) is 33.1 Å². The highest BCUT2D eigenvalue weighted by molar-refractivity contribution is 6.74. The monoisotopic (exact) mass is 731 g/mol. The molecule has 0 unspecified atom stereocenters. The number of hydrogen-bond donors (Lipinski definition) is 1. The second-order valence-electron chi connectivity index (χ2n) is 20.6. The molecule has 0 heterocycles. The predicted octanol–water partition coefficient (Wildman–Crippen LogP) is 12.8. The van der Waals surface area contributed by atoms with Gasteiger partial charge in [-0.25, -0.2) is 0 Å². The van der Waals surface area contributed by atoms with E-state index in [1.807, 2.05) is 0 Å². The quantitative estimate of drug-likeness (QED) is 0.192. The summed E-state index contributed by atoms with van der Waals surface area (Å²) in [5.41, 5.74) is 6.90. The van der Waals surface area contributed by atoms with Crippen LogP contribution in [0.3, 0.4) is 0 Å². The molecule has 284 valence electrons. The van der Waals surface area contributed by atoms with E-state index in [0.717, 1.165) is 25.7 Å². The Hall–Kier alpha value is -1.51. The SMILES string of the molecule is C=C1/C(=C\C=C2/CCC[C@]3(C)[C@@H]([C@H](C)/C=C/[C@H](O)C4(c5ccc(C)cc5)CC4)CC[C@@H]23)C[C@@H](O[Si](C)(C)C(C)(C)C)C[C@@H]1O[Si](C)(C)C(C)(C)C. The summed E-state index contributed by atoms with van der Waals surface area (Å²) < 4.78 is 14.2.